The Bertz CT molecular complexity index is 345. The van der Waals surface area contributed by atoms with Crippen LogP contribution in [0.15, 0.2) is 23.1 Å². The minimum atomic E-state index is -0.0573. The molecule has 0 unspecified atom stereocenters. The second-order valence-corrected chi connectivity index (χ2v) is 4.91. The van der Waals surface area contributed by atoms with Gasteiger partial charge in [0.05, 0.1) is 0 Å². The van der Waals surface area contributed by atoms with Gasteiger partial charge in [0.25, 0.3) is 0 Å². The quantitative estimate of drug-likeness (QED) is 0.649. The molecule has 0 saturated heterocycles. The maximum atomic E-state index is 10.8. The molecular formula is C12H21N3O. The highest BCUT2D eigenvalue weighted by Gasteiger charge is 2.06. The molecule has 1 heterocycles. The van der Waals surface area contributed by atoms with Crippen LogP contribution >= 0.6 is 0 Å². The van der Waals surface area contributed by atoms with Crippen LogP contribution in [-0.2, 0) is 6.54 Å². The van der Waals surface area contributed by atoms with E-state index in [1.54, 1.807) is 12.3 Å². The number of nitrogens with one attached hydrogen (secondary N) is 3. The summed E-state index contributed by atoms with van der Waals surface area (Å²) >= 11 is 0. The molecule has 0 atom stereocenters. The van der Waals surface area contributed by atoms with Crippen LogP contribution < -0.4 is 16.2 Å². The lowest BCUT2D eigenvalue weighted by Gasteiger charge is -2.20. The average Bonchev–Trinajstić information content (AvgIpc) is 2.19. The number of H-pyrrole nitrogens is 1. The highest BCUT2D eigenvalue weighted by atomic mass is 16.1. The zero-order chi connectivity index (χ0) is 12.0. The van der Waals surface area contributed by atoms with Crippen molar-refractivity contribution in [2.45, 2.75) is 32.9 Å². The summed E-state index contributed by atoms with van der Waals surface area (Å²) in [4.78, 5) is 13.5. The SMILES string of the molecule is CC(C)(C)NCCNCc1ccc(=O)[nH]c1. The molecule has 0 radical (unpaired) electrons. The van der Waals surface area contributed by atoms with Gasteiger partial charge in [0, 0.05) is 37.4 Å². The van der Waals surface area contributed by atoms with Crippen LogP contribution in [0.4, 0.5) is 0 Å². The van der Waals surface area contributed by atoms with Crippen molar-refractivity contribution in [3.05, 3.63) is 34.2 Å². The van der Waals surface area contributed by atoms with E-state index in [0.29, 0.717) is 0 Å². The summed E-state index contributed by atoms with van der Waals surface area (Å²) in [5.74, 6) is 0. The van der Waals surface area contributed by atoms with E-state index in [9.17, 15) is 4.79 Å². The van der Waals surface area contributed by atoms with E-state index in [1.165, 1.54) is 0 Å². The van der Waals surface area contributed by atoms with E-state index in [4.69, 9.17) is 0 Å². The van der Waals surface area contributed by atoms with Crippen LogP contribution in [0.1, 0.15) is 26.3 Å². The summed E-state index contributed by atoms with van der Waals surface area (Å²) in [7, 11) is 0. The fraction of sp³-hybridized carbons (Fsp3) is 0.583. The summed E-state index contributed by atoms with van der Waals surface area (Å²) in [6.45, 7) is 9.07. The number of aromatic amines is 1. The van der Waals surface area contributed by atoms with E-state index >= 15 is 0 Å². The predicted octanol–water partition coefficient (Wildman–Crippen LogP) is 0.853. The second-order valence-electron chi connectivity index (χ2n) is 4.91. The molecule has 0 aliphatic heterocycles. The van der Waals surface area contributed by atoms with Crippen LogP contribution in [0, 0.1) is 0 Å². The number of pyridine rings is 1. The number of aromatic nitrogens is 1. The summed E-state index contributed by atoms with van der Waals surface area (Å²) in [6.07, 6.45) is 1.74. The Morgan fingerprint density at radius 1 is 1.25 bits per heavy atom. The number of rotatable bonds is 5. The summed E-state index contributed by atoms with van der Waals surface area (Å²) in [6, 6.07) is 3.38. The molecule has 0 saturated carbocycles. The molecule has 0 bridgehead atoms. The van der Waals surface area contributed by atoms with Crippen LogP contribution in [0.5, 0.6) is 0 Å². The lowest BCUT2D eigenvalue weighted by Crippen LogP contribution is -2.40. The Morgan fingerprint density at radius 3 is 2.56 bits per heavy atom. The van der Waals surface area contributed by atoms with Crippen molar-refractivity contribution in [3.8, 4) is 0 Å². The first kappa shape index (κ1) is 12.9. The van der Waals surface area contributed by atoms with Gasteiger partial charge in [0.1, 0.15) is 0 Å². The Hall–Kier alpha value is -1.13. The molecule has 4 heteroatoms. The molecule has 4 nitrogen and oxygen atoms in total. The van der Waals surface area contributed by atoms with Crippen molar-refractivity contribution >= 4 is 0 Å². The van der Waals surface area contributed by atoms with Crippen LogP contribution in [-0.4, -0.2) is 23.6 Å². The molecule has 90 valence electrons. The zero-order valence-corrected chi connectivity index (χ0v) is 10.3. The third kappa shape index (κ3) is 5.68. The normalized spacial score (nSPS) is 11.7. The van der Waals surface area contributed by atoms with E-state index in [-0.39, 0.29) is 11.1 Å². The third-order valence-electron chi connectivity index (χ3n) is 2.13. The number of hydrogen-bond donors (Lipinski definition) is 3. The van der Waals surface area contributed by atoms with Gasteiger partial charge in [-0.25, -0.2) is 0 Å². The molecule has 3 N–H and O–H groups in total. The predicted molar refractivity (Wildman–Crippen MR) is 66.5 cm³/mol. The molecule has 0 amide bonds. The Labute approximate surface area is 96.5 Å². The first-order valence-electron chi connectivity index (χ1n) is 5.61. The highest BCUT2D eigenvalue weighted by Crippen LogP contribution is 1.96. The van der Waals surface area contributed by atoms with Gasteiger partial charge in [0.2, 0.25) is 5.56 Å². The molecule has 1 aromatic rings. The number of hydrogen-bond acceptors (Lipinski definition) is 3. The van der Waals surface area contributed by atoms with Crippen molar-refractivity contribution in [3.63, 3.8) is 0 Å². The maximum absolute atomic E-state index is 10.8. The first-order valence-corrected chi connectivity index (χ1v) is 5.61. The van der Waals surface area contributed by atoms with Gasteiger partial charge in [0.15, 0.2) is 0 Å². The highest BCUT2D eigenvalue weighted by molar-refractivity contribution is 5.07. The van der Waals surface area contributed by atoms with E-state index in [2.05, 4.69) is 36.4 Å². The Morgan fingerprint density at radius 2 is 2.00 bits per heavy atom. The van der Waals surface area contributed by atoms with Crippen LogP contribution in [0.2, 0.25) is 0 Å². The van der Waals surface area contributed by atoms with Gasteiger partial charge >= 0.3 is 0 Å². The van der Waals surface area contributed by atoms with Gasteiger partial charge in [-0.3, -0.25) is 4.79 Å². The molecule has 1 aromatic heterocycles. The Kier molecular flexibility index (Phi) is 4.71. The van der Waals surface area contributed by atoms with Crippen molar-refractivity contribution in [1.82, 2.24) is 15.6 Å². The van der Waals surface area contributed by atoms with Crippen molar-refractivity contribution in [2.24, 2.45) is 0 Å². The average molecular weight is 223 g/mol. The third-order valence-corrected chi connectivity index (χ3v) is 2.13. The van der Waals surface area contributed by atoms with Crippen molar-refractivity contribution in [2.75, 3.05) is 13.1 Å². The minimum Gasteiger partial charge on any atom is -0.329 e. The minimum absolute atomic E-state index is 0.0573. The topological polar surface area (TPSA) is 56.9 Å². The van der Waals surface area contributed by atoms with E-state index in [0.717, 1.165) is 25.2 Å². The molecule has 1 rings (SSSR count). The molecular weight excluding hydrogens is 202 g/mol. The van der Waals surface area contributed by atoms with Gasteiger partial charge in [-0.05, 0) is 26.3 Å². The fourth-order valence-electron chi connectivity index (χ4n) is 1.31. The zero-order valence-electron chi connectivity index (χ0n) is 10.3. The van der Waals surface area contributed by atoms with Gasteiger partial charge in [-0.15, -0.1) is 0 Å². The van der Waals surface area contributed by atoms with Crippen molar-refractivity contribution < 1.29 is 0 Å². The Balaban J connectivity index is 2.16. The molecule has 0 spiro atoms. The maximum Gasteiger partial charge on any atom is 0.247 e. The van der Waals surface area contributed by atoms with Crippen LogP contribution in [0.3, 0.4) is 0 Å². The fourth-order valence-corrected chi connectivity index (χ4v) is 1.31. The molecule has 0 fully saturated rings. The summed E-state index contributed by atoms with van der Waals surface area (Å²) < 4.78 is 0. The molecule has 16 heavy (non-hydrogen) atoms. The molecule has 0 aliphatic carbocycles. The second kappa shape index (κ2) is 5.82. The van der Waals surface area contributed by atoms with Crippen molar-refractivity contribution in [1.29, 1.82) is 0 Å². The van der Waals surface area contributed by atoms with Gasteiger partial charge < -0.3 is 15.6 Å². The standard InChI is InChI=1S/C12H21N3O/c1-12(2,3)15-7-6-13-8-10-4-5-11(16)14-9-10/h4-5,9,13,15H,6-8H2,1-3H3,(H,14,16). The monoisotopic (exact) mass is 223 g/mol. The lowest BCUT2D eigenvalue weighted by molar-refractivity contribution is 0.421. The van der Waals surface area contributed by atoms with Gasteiger partial charge in [-0.2, -0.15) is 0 Å². The van der Waals surface area contributed by atoms with E-state index < -0.39 is 0 Å². The van der Waals surface area contributed by atoms with Crippen LogP contribution in [0.25, 0.3) is 0 Å². The summed E-state index contributed by atoms with van der Waals surface area (Å²) in [5, 5.41) is 6.71. The largest absolute Gasteiger partial charge is 0.329 e. The van der Waals surface area contributed by atoms with E-state index in [1.807, 2.05) is 6.07 Å². The van der Waals surface area contributed by atoms with Gasteiger partial charge in [-0.1, -0.05) is 6.07 Å². The molecule has 0 aliphatic rings. The molecule has 0 aromatic carbocycles. The summed E-state index contributed by atoms with van der Waals surface area (Å²) in [5.41, 5.74) is 1.20. The lowest BCUT2D eigenvalue weighted by atomic mass is 10.1. The smallest absolute Gasteiger partial charge is 0.247 e. The first-order chi connectivity index (χ1) is 7.47.